The first kappa shape index (κ1) is 19.6. The standard InChI is InChI=1S/C19H29ClN4O/c1-15-7-5-6-14-24(15)18(25)11-13-23-19(21-2)22-12-10-16-8-3-4-9-17(16)20/h3-4,8-9,15H,5-7,10-14H2,1-2H3,(H2,21,22,23). The highest BCUT2D eigenvalue weighted by atomic mass is 35.5. The molecular formula is C19H29ClN4O. The number of halogens is 1. The number of carbonyl (C=O) groups is 1. The van der Waals surface area contributed by atoms with Crippen LogP contribution in [0.4, 0.5) is 0 Å². The maximum Gasteiger partial charge on any atom is 0.224 e. The predicted octanol–water partition coefficient (Wildman–Crippen LogP) is 2.84. The number of aliphatic imine (C=N–C) groups is 1. The minimum Gasteiger partial charge on any atom is -0.356 e. The zero-order valence-corrected chi connectivity index (χ0v) is 16.0. The van der Waals surface area contributed by atoms with Gasteiger partial charge in [-0.15, -0.1) is 0 Å². The summed E-state index contributed by atoms with van der Waals surface area (Å²) in [5.74, 6) is 0.942. The van der Waals surface area contributed by atoms with Gasteiger partial charge in [-0.1, -0.05) is 29.8 Å². The first-order valence-electron chi connectivity index (χ1n) is 9.09. The Balaban J connectivity index is 1.68. The van der Waals surface area contributed by atoms with Crippen LogP contribution in [0, 0.1) is 0 Å². The highest BCUT2D eigenvalue weighted by Gasteiger charge is 2.22. The van der Waals surface area contributed by atoms with Crippen LogP contribution in [0.25, 0.3) is 0 Å². The van der Waals surface area contributed by atoms with E-state index in [1.807, 2.05) is 29.2 Å². The summed E-state index contributed by atoms with van der Waals surface area (Å²) in [6.45, 7) is 4.36. The molecule has 1 aliphatic rings. The maximum absolute atomic E-state index is 12.3. The van der Waals surface area contributed by atoms with Gasteiger partial charge in [0.05, 0.1) is 0 Å². The smallest absolute Gasteiger partial charge is 0.224 e. The van der Waals surface area contributed by atoms with Crippen LogP contribution < -0.4 is 10.6 Å². The Morgan fingerprint density at radius 3 is 2.76 bits per heavy atom. The van der Waals surface area contributed by atoms with Crippen molar-refractivity contribution in [2.75, 3.05) is 26.7 Å². The Hall–Kier alpha value is -1.75. The van der Waals surface area contributed by atoms with Gasteiger partial charge in [-0.05, 0) is 44.2 Å². The van der Waals surface area contributed by atoms with Crippen LogP contribution in [0.5, 0.6) is 0 Å². The molecule has 2 rings (SSSR count). The lowest BCUT2D eigenvalue weighted by atomic mass is 10.0. The second kappa shape index (κ2) is 10.3. The second-order valence-corrected chi connectivity index (χ2v) is 6.86. The van der Waals surface area contributed by atoms with Gasteiger partial charge in [0, 0.05) is 44.2 Å². The summed E-state index contributed by atoms with van der Waals surface area (Å²) in [5, 5.41) is 7.26. The lowest BCUT2D eigenvalue weighted by molar-refractivity contribution is -0.134. The number of benzene rings is 1. The quantitative estimate of drug-likeness (QED) is 0.602. The number of nitrogens with zero attached hydrogens (tertiary/aromatic N) is 2. The van der Waals surface area contributed by atoms with Crippen molar-refractivity contribution in [3.63, 3.8) is 0 Å². The minimum absolute atomic E-state index is 0.228. The Kier molecular flexibility index (Phi) is 8.06. The first-order chi connectivity index (χ1) is 12.1. The Bertz CT molecular complexity index is 591. The summed E-state index contributed by atoms with van der Waals surface area (Å²) in [4.78, 5) is 18.5. The lowest BCUT2D eigenvalue weighted by Crippen LogP contribution is -2.44. The molecule has 0 bridgehead atoms. The zero-order valence-electron chi connectivity index (χ0n) is 15.2. The molecule has 0 aliphatic carbocycles. The summed E-state index contributed by atoms with van der Waals surface area (Å²) in [6, 6.07) is 8.21. The van der Waals surface area contributed by atoms with E-state index in [9.17, 15) is 4.79 Å². The molecule has 0 radical (unpaired) electrons. The lowest BCUT2D eigenvalue weighted by Gasteiger charge is -2.33. The van der Waals surface area contributed by atoms with Gasteiger partial charge < -0.3 is 15.5 Å². The van der Waals surface area contributed by atoms with Gasteiger partial charge in [0.1, 0.15) is 0 Å². The molecule has 25 heavy (non-hydrogen) atoms. The van der Waals surface area contributed by atoms with Crippen molar-refractivity contribution in [3.8, 4) is 0 Å². The number of hydrogen-bond acceptors (Lipinski definition) is 2. The highest BCUT2D eigenvalue weighted by Crippen LogP contribution is 2.17. The number of likely N-dealkylation sites (tertiary alicyclic amines) is 1. The number of guanidine groups is 1. The van der Waals surface area contributed by atoms with E-state index in [0.29, 0.717) is 25.0 Å². The van der Waals surface area contributed by atoms with E-state index in [0.717, 1.165) is 42.9 Å². The summed E-state index contributed by atoms with van der Waals surface area (Å²) in [5.41, 5.74) is 1.11. The fraction of sp³-hybridized carbons (Fsp3) is 0.579. The van der Waals surface area contributed by atoms with Crippen molar-refractivity contribution in [3.05, 3.63) is 34.9 Å². The second-order valence-electron chi connectivity index (χ2n) is 6.45. The third kappa shape index (κ3) is 6.24. The van der Waals surface area contributed by atoms with Gasteiger partial charge in [0.25, 0.3) is 0 Å². The van der Waals surface area contributed by atoms with Gasteiger partial charge in [-0.3, -0.25) is 9.79 Å². The number of piperidine rings is 1. The average Bonchev–Trinajstić information content (AvgIpc) is 2.62. The molecule has 2 N–H and O–H groups in total. The molecule has 1 unspecified atom stereocenters. The summed E-state index contributed by atoms with van der Waals surface area (Å²) in [7, 11) is 1.74. The van der Waals surface area contributed by atoms with Crippen molar-refractivity contribution in [1.82, 2.24) is 15.5 Å². The fourth-order valence-electron chi connectivity index (χ4n) is 3.14. The first-order valence-corrected chi connectivity index (χ1v) is 9.47. The number of nitrogens with one attached hydrogen (secondary N) is 2. The largest absolute Gasteiger partial charge is 0.356 e. The molecule has 1 aromatic carbocycles. The Morgan fingerprint density at radius 1 is 1.28 bits per heavy atom. The van der Waals surface area contributed by atoms with Gasteiger partial charge >= 0.3 is 0 Å². The molecule has 138 valence electrons. The van der Waals surface area contributed by atoms with E-state index < -0.39 is 0 Å². The number of amides is 1. The summed E-state index contributed by atoms with van der Waals surface area (Å²) >= 11 is 6.16. The number of rotatable bonds is 6. The summed E-state index contributed by atoms with van der Waals surface area (Å²) in [6.07, 6.45) is 4.78. The molecule has 1 amide bonds. The van der Waals surface area contributed by atoms with Crippen molar-refractivity contribution >= 4 is 23.5 Å². The normalized spacial score (nSPS) is 18.1. The van der Waals surface area contributed by atoms with Crippen LogP contribution >= 0.6 is 11.6 Å². The Labute approximate surface area is 155 Å². The zero-order chi connectivity index (χ0) is 18.1. The number of carbonyl (C=O) groups excluding carboxylic acids is 1. The third-order valence-corrected chi connectivity index (χ3v) is 4.99. The monoisotopic (exact) mass is 364 g/mol. The molecule has 1 aromatic rings. The average molecular weight is 365 g/mol. The van der Waals surface area contributed by atoms with E-state index in [4.69, 9.17) is 11.6 Å². The minimum atomic E-state index is 0.228. The van der Waals surface area contributed by atoms with E-state index in [2.05, 4.69) is 22.5 Å². The van der Waals surface area contributed by atoms with Crippen LogP contribution in [0.2, 0.25) is 5.02 Å². The third-order valence-electron chi connectivity index (χ3n) is 4.62. The van der Waals surface area contributed by atoms with Gasteiger partial charge in [-0.25, -0.2) is 0 Å². The van der Waals surface area contributed by atoms with Crippen LogP contribution in [0.1, 0.15) is 38.2 Å². The van der Waals surface area contributed by atoms with Gasteiger partial charge in [0.2, 0.25) is 5.91 Å². The molecule has 1 heterocycles. The molecule has 0 aromatic heterocycles. The molecule has 5 nitrogen and oxygen atoms in total. The fourth-order valence-corrected chi connectivity index (χ4v) is 3.37. The summed E-state index contributed by atoms with van der Waals surface area (Å²) < 4.78 is 0. The molecule has 1 fully saturated rings. The Morgan fingerprint density at radius 2 is 2.04 bits per heavy atom. The van der Waals surface area contributed by atoms with E-state index in [1.54, 1.807) is 7.05 Å². The molecule has 0 spiro atoms. The molecule has 1 aliphatic heterocycles. The van der Waals surface area contributed by atoms with Crippen molar-refractivity contribution in [2.24, 2.45) is 4.99 Å². The number of hydrogen-bond donors (Lipinski definition) is 2. The van der Waals surface area contributed by atoms with Crippen LogP contribution in [0.15, 0.2) is 29.3 Å². The van der Waals surface area contributed by atoms with Crippen molar-refractivity contribution < 1.29 is 4.79 Å². The van der Waals surface area contributed by atoms with Gasteiger partial charge in [0.15, 0.2) is 5.96 Å². The molecule has 0 saturated carbocycles. The maximum atomic E-state index is 12.3. The molecule has 1 saturated heterocycles. The topological polar surface area (TPSA) is 56.7 Å². The van der Waals surface area contributed by atoms with Gasteiger partial charge in [-0.2, -0.15) is 0 Å². The predicted molar refractivity (Wildman–Crippen MR) is 104 cm³/mol. The molecular weight excluding hydrogens is 336 g/mol. The van der Waals surface area contributed by atoms with E-state index in [1.165, 1.54) is 6.42 Å². The highest BCUT2D eigenvalue weighted by molar-refractivity contribution is 6.31. The van der Waals surface area contributed by atoms with E-state index in [-0.39, 0.29) is 5.91 Å². The van der Waals surface area contributed by atoms with Crippen molar-refractivity contribution in [2.45, 2.75) is 45.1 Å². The SMILES string of the molecule is CN=C(NCCC(=O)N1CCCCC1C)NCCc1ccccc1Cl. The van der Waals surface area contributed by atoms with Crippen molar-refractivity contribution in [1.29, 1.82) is 0 Å². The van der Waals surface area contributed by atoms with Crippen LogP contribution in [-0.4, -0.2) is 49.5 Å². The van der Waals surface area contributed by atoms with E-state index >= 15 is 0 Å². The van der Waals surface area contributed by atoms with Crippen LogP contribution in [0.3, 0.4) is 0 Å². The molecule has 1 atom stereocenters. The van der Waals surface area contributed by atoms with Crippen LogP contribution in [-0.2, 0) is 11.2 Å². The molecule has 6 heteroatoms.